The molecule has 3 amide bonds. The van der Waals surface area contributed by atoms with Crippen LogP contribution >= 0.6 is 23.2 Å². The topological polar surface area (TPSA) is 79.0 Å². The van der Waals surface area contributed by atoms with Crippen molar-refractivity contribution in [3.05, 3.63) is 28.2 Å². The molecule has 1 heterocycles. The van der Waals surface area contributed by atoms with Crippen LogP contribution in [0.15, 0.2) is 18.2 Å². The van der Waals surface area contributed by atoms with Gasteiger partial charge in [-0.25, -0.2) is 4.79 Å². The van der Waals surface area contributed by atoms with Crippen molar-refractivity contribution in [2.24, 2.45) is 0 Å². The molecule has 2 rings (SSSR count). The molecule has 1 N–H and O–H groups in total. The molecule has 0 radical (unpaired) electrons. The van der Waals surface area contributed by atoms with Crippen LogP contribution in [0.5, 0.6) is 0 Å². The number of rotatable bonds is 2. The minimum absolute atomic E-state index is 0.265. The van der Waals surface area contributed by atoms with E-state index in [0.29, 0.717) is 35.4 Å². The second-order valence-electron chi connectivity index (χ2n) is 5.09. The van der Waals surface area contributed by atoms with E-state index in [1.165, 1.54) is 28.0 Å². The number of carbonyl (C=O) groups is 3. The van der Waals surface area contributed by atoms with E-state index in [2.05, 4.69) is 5.32 Å². The van der Waals surface area contributed by atoms with E-state index in [0.717, 1.165) is 0 Å². The van der Waals surface area contributed by atoms with Crippen LogP contribution in [0.1, 0.15) is 6.92 Å². The summed E-state index contributed by atoms with van der Waals surface area (Å²) in [5, 5.41) is 3.18. The van der Waals surface area contributed by atoms with Crippen molar-refractivity contribution >= 4 is 46.8 Å². The molecule has 0 bridgehead atoms. The van der Waals surface area contributed by atoms with Crippen molar-refractivity contribution in [3.8, 4) is 0 Å². The van der Waals surface area contributed by atoms with Gasteiger partial charge in [0.15, 0.2) is 0 Å². The lowest BCUT2D eigenvalue weighted by molar-refractivity contribution is -0.144. The fourth-order valence-corrected chi connectivity index (χ4v) is 2.79. The summed E-state index contributed by atoms with van der Waals surface area (Å²) in [6.45, 7) is 3.19. The van der Waals surface area contributed by atoms with Crippen LogP contribution in [0.25, 0.3) is 0 Å². The van der Waals surface area contributed by atoms with Gasteiger partial charge < -0.3 is 19.9 Å². The number of hydrogen-bond donors (Lipinski definition) is 1. The minimum atomic E-state index is -0.780. The fourth-order valence-electron chi connectivity index (χ4n) is 2.26. The predicted molar refractivity (Wildman–Crippen MR) is 90.3 cm³/mol. The fraction of sp³-hybridized carbons (Fsp3) is 0.400. The van der Waals surface area contributed by atoms with Gasteiger partial charge in [-0.15, -0.1) is 0 Å². The van der Waals surface area contributed by atoms with Gasteiger partial charge in [-0.3, -0.25) is 9.59 Å². The van der Waals surface area contributed by atoms with Crippen molar-refractivity contribution in [2.45, 2.75) is 6.92 Å². The van der Waals surface area contributed by atoms with Crippen molar-refractivity contribution in [1.29, 1.82) is 0 Å². The molecule has 7 nitrogen and oxygen atoms in total. The maximum Gasteiger partial charge on any atom is 0.409 e. The van der Waals surface area contributed by atoms with E-state index < -0.39 is 17.9 Å². The Kier molecular flexibility index (Phi) is 6.28. The molecule has 0 spiro atoms. The molecule has 1 aromatic carbocycles. The van der Waals surface area contributed by atoms with Gasteiger partial charge in [0.25, 0.3) is 0 Å². The molecule has 24 heavy (non-hydrogen) atoms. The number of benzene rings is 1. The zero-order chi connectivity index (χ0) is 17.7. The number of ether oxygens (including phenoxy) is 1. The van der Waals surface area contributed by atoms with Crippen LogP contribution in [-0.2, 0) is 14.3 Å². The van der Waals surface area contributed by atoms with Crippen LogP contribution in [0.2, 0.25) is 10.0 Å². The Morgan fingerprint density at radius 2 is 1.58 bits per heavy atom. The zero-order valence-electron chi connectivity index (χ0n) is 13.1. The Morgan fingerprint density at radius 3 is 2.12 bits per heavy atom. The average Bonchev–Trinajstić information content (AvgIpc) is 2.53. The Bertz CT molecular complexity index is 625. The van der Waals surface area contributed by atoms with Crippen LogP contribution < -0.4 is 5.32 Å². The summed E-state index contributed by atoms with van der Waals surface area (Å²) in [5.74, 6) is -1.45. The van der Waals surface area contributed by atoms with E-state index in [9.17, 15) is 14.4 Å². The first kappa shape index (κ1) is 18.4. The number of carbonyl (C=O) groups excluding carboxylic acids is 3. The lowest BCUT2D eigenvalue weighted by Crippen LogP contribution is -2.53. The summed E-state index contributed by atoms with van der Waals surface area (Å²) in [5.41, 5.74) is 0.344. The second-order valence-corrected chi connectivity index (χ2v) is 5.96. The van der Waals surface area contributed by atoms with E-state index in [-0.39, 0.29) is 13.1 Å². The Labute approximate surface area is 149 Å². The van der Waals surface area contributed by atoms with Crippen LogP contribution in [0, 0.1) is 0 Å². The number of nitrogens with zero attached hydrogens (tertiary/aromatic N) is 2. The van der Waals surface area contributed by atoms with E-state index >= 15 is 0 Å². The summed E-state index contributed by atoms with van der Waals surface area (Å²) >= 11 is 11.7. The largest absolute Gasteiger partial charge is 0.450 e. The van der Waals surface area contributed by atoms with Crippen molar-refractivity contribution < 1.29 is 19.1 Å². The molecule has 0 aliphatic carbocycles. The minimum Gasteiger partial charge on any atom is -0.450 e. The SMILES string of the molecule is CCOC(=O)N1CCN(C(=O)C(=O)Nc2cc(Cl)cc(Cl)c2)CC1. The highest BCUT2D eigenvalue weighted by Crippen LogP contribution is 2.22. The predicted octanol–water partition coefficient (Wildman–Crippen LogP) is 2.23. The highest BCUT2D eigenvalue weighted by Gasteiger charge is 2.28. The van der Waals surface area contributed by atoms with Gasteiger partial charge in [-0.1, -0.05) is 23.2 Å². The molecule has 1 aliphatic heterocycles. The summed E-state index contributed by atoms with van der Waals surface area (Å²) in [6, 6.07) is 4.52. The number of piperazine rings is 1. The van der Waals surface area contributed by atoms with Gasteiger partial charge >= 0.3 is 17.9 Å². The molecule has 1 aromatic rings. The number of anilines is 1. The van der Waals surface area contributed by atoms with Gasteiger partial charge in [0.2, 0.25) is 0 Å². The van der Waals surface area contributed by atoms with E-state index in [1.54, 1.807) is 6.92 Å². The molecule has 1 saturated heterocycles. The molecule has 1 fully saturated rings. The van der Waals surface area contributed by atoms with Crippen molar-refractivity contribution in [1.82, 2.24) is 9.80 Å². The monoisotopic (exact) mass is 373 g/mol. The molecule has 0 unspecified atom stereocenters. The van der Waals surface area contributed by atoms with E-state index in [4.69, 9.17) is 27.9 Å². The molecule has 1 aliphatic rings. The lowest BCUT2D eigenvalue weighted by atomic mass is 10.3. The molecule has 0 aromatic heterocycles. The average molecular weight is 374 g/mol. The van der Waals surface area contributed by atoms with Gasteiger partial charge in [-0.05, 0) is 25.1 Å². The first-order valence-electron chi connectivity index (χ1n) is 7.38. The third-order valence-corrected chi connectivity index (χ3v) is 3.84. The number of hydrogen-bond acceptors (Lipinski definition) is 4. The molecule has 130 valence electrons. The first-order chi connectivity index (χ1) is 11.4. The summed E-state index contributed by atoms with van der Waals surface area (Å²) in [7, 11) is 0. The maximum atomic E-state index is 12.2. The molecular formula is C15H17Cl2N3O4. The van der Waals surface area contributed by atoms with Gasteiger partial charge in [0, 0.05) is 41.9 Å². The Balaban J connectivity index is 1.90. The van der Waals surface area contributed by atoms with E-state index in [1.807, 2.05) is 0 Å². The second kappa shape index (κ2) is 8.21. The van der Waals surface area contributed by atoms with Crippen LogP contribution in [-0.4, -0.2) is 60.5 Å². The summed E-state index contributed by atoms with van der Waals surface area (Å²) < 4.78 is 4.91. The number of halogens is 2. The number of nitrogens with one attached hydrogen (secondary N) is 1. The van der Waals surface area contributed by atoms with Crippen molar-refractivity contribution in [3.63, 3.8) is 0 Å². The molecule has 0 saturated carbocycles. The highest BCUT2D eigenvalue weighted by molar-refractivity contribution is 6.40. The molecule has 9 heteroatoms. The van der Waals surface area contributed by atoms with Crippen molar-refractivity contribution in [2.75, 3.05) is 38.1 Å². The van der Waals surface area contributed by atoms with Crippen LogP contribution in [0.3, 0.4) is 0 Å². The number of amides is 3. The molecular weight excluding hydrogens is 357 g/mol. The normalized spacial score (nSPS) is 14.3. The van der Waals surface area contributed by atoms with Gasteiger partial charge in [0.1, 0.15) is 0 Å². The lowest BCUT2D eigenvalue weighted by Gasteiger charge is -2.33. The van der Waals surface area contributed by atoms with Gasteiger partial charge in [0.05, 0.1) is 6.61 Å². The third-order valence-electron chi connectivity index (χ3n) is 3.41. The summed E-state index contributed by atoms with van der Waals surface area (Å²) in [4.78, 5) is 38.7. The third kappa shape index (κ3) is 4.75. The Morgan fingerprint density at radius 1 is 1.04 bits per heavy atom. The summed E-state index contributed by atoms with van der Waals surface area (Å²) in [6.07, 6.45) is -0.414. The molecule has 0 atom stereocenters. The highest BCUT2D eigenvalue weighted by atomic mass is 35.5. The first-order valence-corrected chi connectivity index (χ1v) is 8.14. The van der Waals surface area contributed by atoms with Gasteiger partial charge in [-0.2, -0.15) is 0 Å². The maximum absolute atomic E-state index is 12.2. The smallest absolute Gasteiger partial charge is 0.409 e. The standard InChI is InChI=1S/C15H17Cl2N3O4/c1-2-24-15(23)20-5-3-19(4-6-20)14(22)13(21)18-12-8-10(16)7-11(17)9-12/h7-9H,2-6H2,1H3,(H,18,21). The Hall–Kier alpha value is -1.99. The van der Waals surface area contributed by atoms with Crippen LogP contribution in [0.4, 0.5) is 10.5 Å². The zero-order valence-corrected chi connectivity index (χ0v) is 14.6. The quantitative estimate of drug-likeness (QED) is 0.806.